The van der Waals surface area contributed by atoms with Crippen molar-refractivity contribution in [2.24, 2.45) is 0 Å². The van der Waals surface area contributed by atoms with Gasteiger partial charge in [0.1, 0.15) is 23.4 Å². The molecule has 1 saturated heterocycles. The van der Waals surface area contributed by atoms with Crippen LogP contribution in [-0.4, -0.2) is 39.7 Å². The fourth-order valence-electron chi connectivity index (χ4n) is 5.52. The molecule has 1 aromatic heterocycles. The fraction of sp³-hybridized carbons (Fsp3) is 0.294. The van der Waals surface area contributed by atoms with Gasteiger partial charge in [-0.05, 0) is 72.5 Å². The number of unbranched alkanes of at least 4 members (excludes halogenated alkanes) is 2. The highest BCUT2D eigenvalue weighted by molar-refractivity contribution is 8.00. The molecular weight excluding hydrogens is 665 g/mol. The SMILES string of the molecule is CCCCCOc1cccc([C@H]2/C(=C(\O)c3ccc4c(c3)C[C@H](C)O4)C(=O)C(=O)N2c2nnc(SCc3ccc(Cl)cc3Cl)s2)c1. The van der Waals surface area contributed by atoms with Gasteiger partial charge >= 0.3 is 5.91 Å². The Morgan fingerprint density at radius 2 is 1.96 bits per heavy atom. The van der Waals surface area contributed by atoms with Crippen molar-refractivity contribution in [1.82, 2.24) is 10.2 Å². The molecule has 46 heavy (non-hydrogen) atoms. The van der Waals surface area contributed by atoms with Crippen LogP contribution in [0.25, 0.3) is 5.76 Å². The molecular formula is C34H31Cl2N3O5S2. The second kappa shape index (κ2) is 14.0. The van der Waals surface area contributed by atoms with Crippen LogP contribution < -0.4 is 14.4 Å². The number of fused-ring (bicyclic) bond motifs is 1. The van der Waals surface area contributed by atoms with E-state index < -0.39 is 17.7 Å². The fourth-order valence-corrected chi connectivity index (χ4v) is 7.95. The van der Waals surface area contributed by atoms with Crippen molar-refractivity contribution in [3.8, 4) is 11.5 Å². The minimum absolute atomic E-state index is 0.0122. The third-order valence-electron chi connectivity index (χ3n) is 7.77. The van der Waals surface area contributed by atoms with E-state index in [1.165, 1.54) is 28.0 Å². The molecule has 1 amide bonds. The van der Waals surface area contributed by atoms with Crippen LogP contribution in [0.1, 0.15) is 61.4 Å². The maximum atomic E-state index is 13.7. The molecule has 4 aromatic rings. The van der Waals surface area contributed by atoms with Crippen molar-refractivity contribution in [2.45, 2.75) is 61.8 Å². The van der Waals surface area contributed by atoms with Crippen LogP contribution in [-0.2, 0) is 21.8 Å². The number of halogens is 2. The van der Waals surface area contributed by atoms with Crippen molar-refractivity contribution in [3.63, 3.8) is 0 Å². The highest BCUT2D eigenvalue weighted by Crippen LogP contribution is 2.45. The summed E-state index contributed by atoms with van der Waals surface area (Å²) < 4.78 is 12.4. The van der Waals surface area contributed by atoms with Gasteiger partial charge in [0.25, 0.3) is 5.78 Å². The van der Waals surface area contributed by atoms with Crippen LogP contribution in [0.5, 0.6) is 11.5 Å². The van der Waals surface area contributed by atoms with Crippen LogP contribution in [0, 0.1) is 0 Å². The highest BCUT2D eigenvalue weighted by Gasteiger charge is 2.48. The van der Waals surface area contributed by atoms with Crippen molar-refractivity contribution < 1.29 is 24.2 Å². The number of rotatable bonds is 11. The molecule has 3 aromatic carbocycles. The Balaban J connectivity index is 1.37. The molecule has 0 bridgehead atoms. The maximum Gasteiger partial charge on any atom is 0.301 e. The molecule has 1 fully saturated rings. The van der Waals surface area contributed by atoms with E-state index in [2.05, 4.69) is 17.1 Å². The molecule has 0 radical (unpaired) electrons. The lowest BCUT2D eigenvalue weighted by molar-refractivity contribution is -0.132. The Kier molecular flexibility index (Phi) is 9.89. The Morgan fingerprint density at radius 3 is 2.76 bits per heavy atom. The highest BCUT2D eigenvalue weighted by atomic mass is 35.5. The Bertz CT molecular complexity index is 1830. The van der Waals surface area contributed by atoms with Crippen molar-refractivity contribution >= 4 is 68.9 Å². The zero-order valence-electron chi connectivity index (χ0n) is 25.2. The summed E-state index contributed by atoms with van der Waals surface area (Å²) in [5, 5.41) is 21.6. The van der Waals surface area contributed by atoms with Crippen LogP contribution in [0.2, 0.25) is 10.0 Å². The van der Waals surface area contributed by atoms with Gasteiger partial charge in [0.2, 0.25) is 5.13 Å². The first-order chi connectivity index (χ1) is 22.2. The summed E-state index contributed by atoms with van der Waals surface area (Å²) in [4.78, 5) is 28.8. The molecule has 8 nitrogen and oxygen atoms in total. The van der Waals surface area contributed by atoms with E-state index in [1.54, 1.807) is 30.3 Å². The number of anilines is 1. The summed E-state index contributed by atoms with van der Waals surface area (Å²) in [6.45, 7) is 4.64. The largest absolute Gasteiger partial charge is 0.507 e. The molecule has 1 N–H and O–H groups in total. The molecule has 0 unspecified atom stereocenters. The van der Waals surface area contributed by atoms with E-state index in [-0.39, 0.29) is 22.6 Å². The monoisotopic (exact) mass is 695 g/mol. The number of thioether (sulfide) groups is 1. The van der Waals surface area contributed by atoms with Gasteiger partial charge in [-0.25, -0.2) is 0 Å². The topological polar surface area (TPSA) is 102 Å². The number of hydrogen-bond donors (Lipinski definition) is 1. The second-order valence-corrected chi connectivity index (χ2v) is 14.1. The Morgan fingerprint density at radius 1 is 1.11 bits per heavy atom. The van der Waals surface area contributed by atoms with E-state index in [1.807, 2.05) is 37.3 Å². The first kappa shape index (κ1) is 32.4. The summed E-state index contributed by atoms with van der Waals surface area (Å²) in [7, 11) is 0. The van der Waals surface area contributed by atoms with Crippen molar-refractivity contribution in [3.05, 3.63) is 98.5 Å². The number of hydrogen-bond acceptors (Lipinski definition) is 9. The van der Waals surface area contributed by atoms with Crippen LogP contribution in [0.3, 0.4) is 0 Å². The molecule has 2 atom stereocenters. The predicted molar refractivity (Wildman–Crippen MR) is 182 cm³/mol. The lowest BCUT2D eigenvalue weighted by Gasteiger charge is -2.23. The van der Waals surface area contributed by atoms with E-state index in [0.29, 0.717) is 50.0 Å². The van der Waals surface area contributed by atoms with E-state index in [0.717, 1.165) is 36.1 Å². The van der Waals surface area contributed by atoms with E-state index in [9.17, 15) is 14.7 Å². The minimum atomic E-state index is -0.959. The number of carbonyl (C=O) groups is 2. The number of ketones is 1. The Hall–Kier alpha value is -3.57. The zero-order chi connectivity index (χ0) is 32.4. The summed E-state index contributed by atoms with van der Waals surface area (Å²) in [6.07, 6.45) is 3.72. The lowest BCUT2D eigenvalue weighted by atomic mass is 9.94. The predicted octanol–water partition coefficient (Wildman–Crippen LogP) is 8.66. The zero-order valence-corrected chi connectivity index (χ0v) is 28.3. The molecule has 0 saturated carbocycles. The summed E-state index contributed by atoms with van der Waals surface area (Å²) >= 11 is 15.0. The average molecular weight is 697 g/mol. The molecule has 0 spiro atoms. The van der Waals surface area contributed by atoms with Crippen LogP contribution in [0.15, 0.2) is 70.6 Å². The maximum absolute atomic E-state index is 13.7. The summed E-state index contributed by atoms with van der Waals surface area (Å²) in [6, 6.07) is 16.9. The number of carbonyl (C=O) groups excluding carboxylic acids is 2. The number of amides is 1. The van der Waals surface area contributed by atoms with Gasteiger partial charge in [-0.2, -0.15) is 0 Å². The van der Waals surface area contributed by atoms with Gasteiger partial charge in [-0.15, -0.1) is 10.2 Å². The van der Waals surface area contributed by atoms with Gasteiger partial charge in [0.15, 0.2) is 4.34 Å². The molecule has 2 aliphatic heterocycles. The minimum Gasteiger partial charge on any atom is -0.507 e. The van der Waals surface area contributed by atoms with Crippen molar-refractivity contribution in [2.75, 3.05) is 11.5 Å². The van der Waals surface area contributed by atoms with Crippen molar-refractivity contribution in [1.29, 1.82) is 0 Å². The van der Waals surface area contributed by atoms with Gasteiger partial charge in [-0.3, -0.25) is 14.5 Å². The van der Waals surface area contributed by atoms with Gasteiger partial charge in [0, 0.05) is 27.8 Å². The number of ether oxygens (including phenoxy) is 2. The third kappa shape index (κ3) is 6.76. The summed E-state index contributed by atoms with van der Waals surface area (Å²) in [5.41, 5.74) is 2.80. The normalized spacial score (nSPS) is 18.6. The van der Waals surface area contributed by atoms with Gasteiger partial charge < -0.3 is 14.6 Å². The number of nitrogens with zero attached hydrogens (tertiary/aromatic N) is 3. The molecule has 12 heteroatoms. The van der Waals surface area contributed by atoms with Crippen LogP contribution >= 0.6 is 46.3 Å². The third-order valence-corrected chi connectivity index (χ3v) is 10.5. The smallest absolute Gasteiger partial charge is 0.301 e. The van der Waals surface area contributed by atoms with E-state index >= 15 is 0 Å². The number of aliphatic hydroxyl groups excluding tert-OH is 1. The second-order valence-electron chi connectivity index (χ2n) is 11.1. The molecule has 6 rings (SSSR count). The van der Waals surface area contributed by atoms with Gasteiger partial charge in [-0.1, -0.05) is 84.3 Å². The molecule has 2 aliphatic rings. The first-order valence-corrected chi connectivity index (χ1v) is 17.5. The van der Waals surface area contributed by atoms with Gasteiger partial charge in [0.05, 0.1) is 18.2 Å². The quantitative estimate of drug-likeness (QED) is 0.0415. The average Bonchev–Trinajstić information content (AvgIpc) is 3.73. The number of aliphatic hydroxyl groups is 1. The Labute approximate surface area is 285 Å². The standard InChI is InChI=1S/C34H31Cl2N3O5S2/c1-3-4-5-13-43-25-8-6-7-20(16-25)29-28(30(40)21-10-12-27-23(15-21)14-19(2)44-27)31(41)32(42)39(29)33-37-38-34(46-33)45-18-22-9-11-24(35)17-26(22)36/h6-12,15-17,19,29,40H,3-5,13-14,18H2,1-2H3/b30-28+/t19-,29-/m0/s1. The van der Waals surface area contributed by atoms with Crippen LogP contribution in [0.4, 0.5) is 5.13 Å². The van der Waals surface area contributed by atoms with E-state index in [4.69, 9.17) is 32.7 Å². The number of Topliss-reactive ketones (excluding diaryl/α,β-unsaturated/α-hetero) is 1. The number of benzene rings is 3. The molecule has 238 valence electrons. The number of aromatic nitrogens is 2. The lowest BCUT2D eigenvalue weighted by Crippen LogP contribution is -2.29. The molecule has 0 aliphatic carbocycles. The summed E-state index contributed by atoms with van der Waals surface area (Å²) in [5.74, 6) is -0.0140. The first-order valence-electron chi connectivity index (χ1n) is 15.0. The molecule has 3 heterocycles.